The molecule has 1 aliphatic carbocycles. The second-order valence-corrected chi connectivity index (χ2v) is 5.21. The van der Waals surface area contributed by atoms with Gasteiger partial charge in [0.25, 0.3) is 0 Å². The van der Waals surface area contributed by atoms with Crippen LogP contribution in [-0.2, 0) is 0 Å². The molecule has 102 valence electrons. The number of nitrogens with zero attached hydrogens (tertiary/aromatic N) is 1. The molecule has 19 heavy (non-hydrogen) atoms. The molecule has 1 fully saturated rings. The number of urea groups is 1. The Balaban J connectivity index is 1.91. The van der Waals surface area contributed by atoms with Crippen molar-refractivity contribution in [3.05, 3.63) is 36.0 Å². The van der Waals surface area contributed by atoms with Crippen molar-refractivity contribution in [3.63, 3.8) is 0 Å². The molecule has 1 saturated carbocycles. The van der Waals surface area contributed by atoms with Gasteiger partial charge in [-0.05, 0) is 43.9 Å². The maximum atomic E-state index is 11.8. The fourth-order valence-electron chi connectivity index (χ4n) is 1.86. The summed E-state index contributed by atoms with van der Waals surface area (Å²) < 4.78 is 0. The number of carbonyl (C=O) groups is 1. The normalized spacial score (nSPS) is 15.0. The van der Waals surface area contributed by atoms with Crippen LogP contribution >= 0.6 is 0 Å². The summed E-state index contributed by atoms with van der Waals surface area (Å²) in [5, 5.41) is 5.61. The molecule has 0 spiro atoms. The van der Waals surface area contributed by atoms with E-state index in [1.54, 1.807) is 0 Å². The van der Waals surface area contributed by atoms with E-state index in [-0.39, 0.29) is 6.03 Å². The van der Waals surface area contributed by atoms with E-state index < -0.39 is 0 Å². The minimum Gasteiger partial charge on any atom is -0.378 e. The van der Waals surface area contributed by atoms with E-state index in [0.717, 1.165) is 11.4 Å². The van der Waals surface area contributed by atoms with Crippen LogP contribution in [0.3, 0.4) is 0 Å². The summed E-state index contributed by atoms with van der Waals surface area (Å²) in [7, 11) is 3.95. The first-order chi connectivity index (χ1) is 9.06. The van der Waals surface area contributed by atoms with Crippen LogP contribution in [0.15, 0.2) is 36.0 Å². The van der Waals surface area contributed by atoms with Gasteiger partial charge in [-0.15, -0.1) is 0 Å². The standard InChI is InChI=1S/C15H21N3O/c1-11(12-7-8-12)10-16-15(19)17-13-5-4-6-14(9-13)18(2)3/h4-6,9-10,12H,7-8H2,1-3H3,(H2,16,17,19)/b11-10+. The van der Waals surface area contributed by atoms with E-state index in [1.165, 1.54) is 18.4 Å². The molecule has 1 aromatic rings. The minimum atomic E-state index is -0.198. The third-order valence-corrected chi connectivity index (χ3v) is 3.27. The van der Waals surface area contributed by atoms with Gasteiger partial charge in [0, 0.05) is 31.7 Å². The fourth-order valence-corrected chi connectivity index (χ4v) is 1.86. The van der Waals surface area contributed by atoms with Crippen LogP contribution in [0, 0.1) is 5.92 Å². The smallest absolute Gasteiger partial charge is 0.323 e. The van der Waals surface area contributed by atoms with Crippen molar-refractivity contribution in [1.29, 1.82) is 0 Å². The fraction of sp³-hybridized carbons (Fsp3) is 0.400. The first kappa shape index (κ1) is 13.5. The number of hydrogen-bond donors (Lipinski definition) is 2. The largest absolute Gasteiger partial charge is 0.378 e. The van der Waals surface area contributed by atoms with Crippen LogP contribution in [0.4, 0.5) is 16.2 Å². The highest BCUT2D eigenvalue weighted by Gasteiger charge is 2.22. The number of benzene rings is 1. The summed E-state index contributed by atoms with van der Waals surface area (Å²) in [5.41, 5.74) is 3.10. The number of nitrogens with one attached hydrogen (secondary N) is 2. The molecule has 1 aromatic carbocycles. The van der Waals surface area contributed by atoms with Crippen LogP contribution in [-0.4, -0.2) is 20.1 Å². The van der Waals surface area contributed by atoms with Gasteiger partial charge in [0.2, 0.25) is 0 Å². The van der Waals surface area contributed by atoms with Crippen molar-refractivity contribution in [3.8, 4) is 0 Å². The molecule has 0 aliphatic heterocycles. The van der Waals surface area contributed by atoms with E-state index in [4.69, 9.17) is 0 Å². The molecule has 2 rings (SSSR count). The van der Waals surface area contributed by atoms with Gasteiger partial charge in [-0.3, -0.25) is 0 Å². The highest BCUT2D eigenvalue weighted by Crippen LogP contribution is 2.35. The average molecular weight is 259 g/mol. The Morgan fingerprint density at radius 3 is 2.74 bits per heavy atom. The maximum Gasteiger partial charge on any atom is 0.323 e. The van der Waals surface area contributed by atoms with Gasteiger partial charge in [-0.1, -0.05) is 11.6 Å². The van der Waals surface area contributed by atoms with Crippen LogP contribution in [0.2, 0.25) is 0 Å². The lowest BCUT2D eigenvalue weighted by Crippen LogP contribution is -2.24. The monoisotopic (exact) mass is 259 g/mol. The van der Waals surface area contributed by atoms with Crippen LogP contribution in [0.1, 0.15) is 19.8 Å². The number of carbonyl (C=O) groups excluding carboxylic acids is 1. The zero-order valence-electron chi connectivity index (χ0n) is 11.7. The Kier molecular flexibility index (Phi) is 4.10. The molecular formula is C15H21N3O. The van der Waals surface area contributed by atoms with Gasteiger partial charge in [-0.2, -0.15) is 0 Å². The van der Waals surface area contributed by atoms with Gasteiger partial charge in [-0.25, -0.2) is 4.79 Å². The van der Waals surface area contributed by atoms with Crippen LogP contribution in [0.5, 0.6) is 0 Å². The highest BCUT2D eigenvalue weighted by atomic mass is 16.2. The van der Waals surface area contributed by atoms with Crippen molar-refractivity contribution in [2.24, 2.45) is 5.92 Å². The molecule has 0 aromatic heterocycles. The van der Waals surface area contributed by atoms with Crippen molar-refractivity contribution < 1.29 is 4.79 Å². The maximum absolute atomic E-state index is 11.8. The molecule has 2 N–H and O–H groups in total. The second kappa shape index (κ2) is 5.78. The summed E-state index contributed by atoms with van der Waals surface area (Å²) in [6.07, 6.45) is 4.30. The molecule has 0 radical (unpaired) electrons. The zero-order chi connectivity index (χ0) is 13.8. The van der Waals surface area contributed by atoms with Gasteiger partial charge >= 0.3 is 6.03 Å². The van der Waals surface area contributed by atoms with Crippen molar-refractivity contribution in [1.82, 2.24) is 5.32 Å². The summed E-state index contributed by atoms with van der Waals surface area (Å²) in [5.74, 6) is 0.678. The predicted octanol–water partition coefficient (Wildman–Crippen LogP) is 3.19. The SMILES string of the molecule is C/C(=C\NC(=O)Nc1cccc(N(C)C)c1)C1CC1. The molecule has 4 heteroatoms. The van der Waals surface area contributed by atoms with Crippen molar-refractivity contribution in [2.45, 2.75) is 19.8 Å². The Morgan fingerprint density at radius 2 is 2.11 bits per heavy atom. The first-order valence-corrected chi connectivity index (χ1v) is 6.58. The van der Waals surface area contributed by atoms with Gasteiger partial charge in [0.15, 0.2) is 0 Å². The van der Waals surface area contributed by atoms with Crippen molar-refractivity contribution in [2.75, 3.05) is 24.3 Å². The quantitative estimate of drug-likeness (QED) is 0.872. The zero-order valence-corrected chi connectivity index (χ0v) is 11.7. The topological polar surface area (TPSA) is 44.4 Å². The summed E-state index contributed by atoms with van der Waals surface area (Å²) >= 11 is 0. The summed E-state index contributed by atoms with van der Waals surface area (Å²) in [6, 6.07) is 7.55. The number of amides is 2. The first-order valence-electron chi connectivity index (χ1n) is 6.58. The van der Waals surface area contributed by atoms with Crippen molar-refractivity contribution >= 4 is 17.4 Å². The Hall–Kier alpha value is -1.97. The van der Waals surface area contributed by atoms with E-state index in [9.17, 15) is 4.79 Å². The molecule has 0 saturated heterocycles. The molecule has 0 heterocycles. The lowest BCUT2D eigenvalue weighted by molar-refractivity contribution is 0.255. The van der Waals surface area contributed by atoms with E-state index in [0.29, 0.717) is 5.92 Å². The van der Waals surface area contributed by atoms with E-state index >= 15 is 0 Å². The lowest BCUT2D eigenvalue weighted by Gasteiger charge is -2.14. The van der Waals surface area contributed by atoms with Crippen LogP contribution in [0.25, 0.3) is 0 Å². The van der Waals surface area contributed by atoms with Gasteiger partial charge in [0.05, 0.1) is 0 Å². The second-order valence-electron chi connectivity index (χ2n) is 5.21. The number of anilines is 2. The molecule has 4 nitrogen and oxygen atoms in total. The average Bonchev–Trinajstić information content (AvgIpc) is 3.20. The van der Waals surface area contributed by atoms with E-state index in [2.05, 4.69) is 17.6 Å². The summed E-state index contributed by atoms with van der Waals surface area (Å²) in [6.45, 7) is 2.06. The van der Waals surface area contributed by atoms with E-state index in [1.807, 2.05) is 49.5 Å². The number of hydrogen-bond acceptors (Lipinski definition) is 2. The molecule has 0 atom stereocenters. The Morgan fingerprint density at radius 1 is 1.37 bits per heavy atom. The van der Waals surface area contributed by atoms with Gasteiger partial charge in [0.1, 0.15) is 0 Å². The van der Waals surface area contributed by atoms with Crippen LogP contribution < -0.4 is 15.5 Å². The molecule has 1 aliphatic rings. The summed E-state index contributed by atoms with van der Waals surface area (Å²) in [4.78, 5) is 13.8. The molecule has 0 bridgehead atoms. The Bertz CT molecular complexity index is 490. The number of allylic oxidation sites excluding steroid dienone is 1. The predicted molar refractivity (Wildman–Crippen MR) is 79.4 cm³/mol. The third-order valence-electron chi connectivity index (χ3n) is 3.27. The molecular weight excluding hydrogens is 238 g/mol. The molecule has 0 unspecified atom stereocenters. The molecule has 2 amide bonds. The number of rotatable bonds is 4. The Labute approximate surface area is 114 Å². The van der Waals surface area contributed by atoms with Gasteiger partial charge < -0.3 is 15.5 Å². The lowest BCUT2D eigenvalue weighted by atomic mass is 10.2. The third kappa shape index (κ3) is 4.02. The minimum absolute atomic E-state index is 0.198. The highest BCUT2D eigenvalue weighted by molar-refractivity contribution is 5.90.